The highest BCUT2D eigenvalue weighted by molar-refractivity contribution is 8.01. The van der Waals surface area contributed by atoms with Crippen molar-refractivity contribution in [2.45, 2.75) is 75.0 Å². The molecule has 3 atom stereocenters. The lowest BCUT2D eigenvalue weighted by Gasteiger charge is -2.36. The van der Waals surface area contributed by atoms with Crippen molar-refractivity contribution in [3.05, 3.63) is 119 Å². The molecular formula is C40H43N3O5S2. The Kier molecular flexibility index (Phi) is 12.7. The van der Waals surface area contributed by atoms with Gasteiger partial charge in [0.1, 0.15) is 0 Å². The Balaban J connectivity index is 1.11. The minimum absolute atomic E-state index is 0.00292. The third-order valence-corrected chi connectivity index (χ3v) is 11.0. The molecule has 5 aromatic rings. The van der Waals surface area contributed by atoms with Crippen LogP contribution in [0.2, 0.25) is 0 Å². The van der Waals surface area contributed by atoms with Gasteiger partial charge in [-0.3, -0.25) is 9.59 Å². The largest absolute Gasteiger partial charge is 0.392 e. The molecule has 2 heterocycles. The molecule has 8 nitrogen and oxygen atoms in total. The number of aliphatic hydroxyl groups is 1. The molecule has 1 fully saturated rings. The molecule has 0 spiro atoms. The summed E-state index contributed by atoms with van der Waals surface area (Å²) in [7, 11) is 0. The molecule has 50 heavy (non-hydrogen) atoms. The highest BCUT2D eigenvalue weighted by Gasteiger charge is 2.32. The van der Waals surface area contributed by atoms with Gasteiger partial charge in [0, 0.05) is 44.2 Å². The number of carbonyl (C=O) groups is 2. The summed E-state index contributed by atoms with van der Waals surface area (Å²) >= 11 is 3.42. The summed E-state index contributed by atoms with van der Waals surface area (Å²) in [5.41, 5.74) is 7.03. The summed E-state index contributed by atoms with van der Waals surface area (Å²) in [5.74, 6) is 0.749. The summed E-state index contributed by atoms with van der Waals surface area (Å²) in [6, 6.07) is 32.6. The number of nitrogens with one attached hydrogen (secondary N) is 2. The van der Waals surface area contributed by atoms with E-state index in [2.05, 4.69) is 47.0 Å². The molecule has 1 aliphatic heterocycles. The number of para-hydroxylation sites is 1. The summed E-state index contributed by atoms with van der Waals surface area (Å²) in [6.07, 6.45) is 2.95. The molecule has 2 amide bonds. The molecule has 0 bridgehead atoms. The van der Waals surface area contributed by atoms with E-state index in [-0.39, 0.29) is 30.6 Å². The van der Waals surface area contributed by atoms with Gasteiger partial charge in [0.2, 0.25) is 11.8 Å². The fraction of sp³-hybridized carbons (Fsp3) is 0.325. The first-order chi connectivity index (χ1) is 24.4. The van der Waals surface area contributed by atoms with Gasteiger partial charge < -0.3 is 25.2 Å². The highest BCUT2D eigenvalue weighted by Crippen LogP contribution is 2.40. The van der Waals surface area contributed by atoms with Crippen LogP contribution in [0.3, 0.4) is 0 Å². The van der Waals surface area contributed by atoms with Gasteiger partial charge in [0.15, 0.2) is 10.6 Å². The minimum Gasteiger partial charge on any atom is -0.392 e. The van der Waals surface area contributed by atoms with Crippen molar-refractivity contribution in [1.29, 1.82) is 0 Å². The number of fused-ring (bicyclic) bond motifs is 1. The van der Waals surface area contributed by atoms with Crippen LogP contribution < -0.4 is 10.6 Å². The van der Waals surface area contributed by atoms with Gasteiger partial charge in [0.05, 0.1) is 29.0 Å². The maximum atomic E-state index is 12.6. The van der Waals surface area contributed by atoms with Crippen LogP contribution in [0.4, 0.5) is 0 Å². The van der Waals surface area contributed by atoms with Gasteiger partial charge in [-0.25, -0.2) is 4.98 Å². The van der Waals surface area contributed by atoms with Crippen molar-refractivity contribution in [2.75, 3.05) is 12.3 Å². The number of carbonyl (C=O) groups excluding carboxylic acids is 2. The number of hydrogen-bond acceptors (Lipinski definition) is 8. The summed E-state index contributed by atoms with van der Waals surface area (Å²) in [4.78, 5) is 28.4. The zero-order valence-corrected chi connectivity index (χ0v) is 29.8. The van der Waals surface area contributed by atoms with Crippen LogP contribution in [0.25, 0.3) is 21.3 Å². The van der Waals surface area contributed by atoms with Crippen molar-refractivity contribution in [2.24, 2.45) is 0 Å². The number of nitrogens with zero attached hydrogens (tertiary/aromatic N) is 1. The van der Waals surface area contributed by atoms with E-state index in [1.165, 1.54) is 11.6 Å². The second-order valence-corrected chi connectivity index (χ2v) is 14.8. The number of amides is 2. The van der Waals surface area contributed by atoms with Crippen molar-refractivity contribution in [3.63, 3.8) is 0 Å². The van der Waals surface area contributed by atoms with E-state index < -0.39 is 6.29 Å². The molecule has 0 saturated carbocycles. The van der Waals surface area contributed by atoms with E-state index in [1.54, 1.807) is 23.1 Å². The van der Waals surface area contributed by atoms with Crippen molar-refractivity contribution >= 4 is 45.1 Å². The number of hydrogen-bond donors (Lipinski definition) is 3. The maximum Gasteiger partial charge on any atom is 0.220 e. The monoisotopic (exact) mass is 709 g/mol. The van der Waals surface area contributed by atoms with Crippen molar-refractivity contribution in [1.82, 2.24) is 15.6 Å². The Labute approximate surface area is 301 Å². The van der Waals surface area contributed by atoms with Crippen LogP contribution in [-0.2, 0) is 32.2 Å². The average molecular weight is 710 g/mol. The number of aliphatic hydroxyl groups excluding tert-OH is 1. The molecule has 260 valence electrons. The topological polar surface area (TPSA) is 110 Å². The first-order valence-corrected chi connectivity index (χ1v) is 18.9. The van der Waals surface area contributed by atoms with Crippen molar-refractivity contribution < 1.29 is 24.2 Å². The molecule has 0 unspecified atom stereocenters. The lowest BCUT2D eigenvalue weighted by molar-refractivity contribution is -0.245. The number of thioether (sulfide) groups is 1. The smallest absolute Gasteiger partial charge is 0.220 e. The lowest BCUT2D eigenvalue weighted by atomic mass is 9.97. The molecule has 1 aromatic heterocycles. The molecule has 0 aliphatic carbocycles. The van der Waals surface area contributed by atoms with Crippen LogP contribution in [-0.4, -0.2) is 40.3 Å². The van der Waals surface area contributed by atoms with Crippen LogP contribution in [0.15, 0.2) is 101 Å². The first-order valence-electron chi connectivity index (χ1n) is 17.1. The second kappa shape index (κ2) is 17.7. The van der Waals surface area contributed by atoms with Gasteiger partial charge in [-0.2, -0.15) is 0 Å². The fourth-order valence-electron chi connectivity index (χ4n) is 6.01. The molecule has 4 aromatic carbocycles. The SMILES string of the molecule is CC(=O)NCCCCCC(=O)NCc1ccccc1-c1ccc([C@H]2O[C@@H](CSc3nc4ccccc4s3)C[C@@H](c3ccc(CO)cc3)O2)cc1. The van der Waals surface area contributed by atoms with Gasteiger partial charge in [-0.1, -0.05) is 103 Å². The molecule has 6 rings (SSSR count). The Morgan fingerprint density at radius 3 is 2.42 bits per heavy atom. The molecule has 10 heteroatoms. The standard InChI is InChI=1S/C40H43N3O5S2/c1-27(45)41-22-8-2-3-13-38(46)42-24-32-9-4-5-10-34(32)29-18-20-31(21-19-29)39-47-33(23-36(48-39)30-16-14-28(25-44)15-17-30)26-49-40-43-35-11-6-7-12-37(35)50-40/h4-7,9-12,14-21,33,36,39,44H,2-3,8,13,22-26H2,1H3,(H,41,45)(H,42,46)/t33-,36+,39+/m1/s1. The third kappa shape index (κ3) is 9.80. The molecule has 3 N–H and O–H groups in total. The van der Waals surface area contributed by atoms with Crippen LogP contribution in [0.5, 0.6) is 0 Å². The van der Waals surface area contributed by atoms with Crippen LogP contribution >= 0.6 is 23.1 Å². The predicted octanol–water partition coefficient (Wildman–Crippen LogP) is 8.11. The highest BCUT2D eigenvalue weighted by atomic mass is 32.2. The van der Waals surface area contributed by atoms with Crippen LogP contribution in [0, 0.1) is 0 Å². The Bertz CT molecular complexity index is 1830. The first kappa shape index (κ1) is 35.8. The van der Waals surface area contributed by atoms with E-state index in [9.17, 15) is 14.7 Å². The third-order valence-electron chi connectivity index (χ3n) is 8.72. The Hall–Kier alpha value is -4.06. The van der Waals surface area contributed by atoms with E-state index in [4.69, 9.17) is 14.5 Å². The summed E-state index contributed by atoms with van der Waals surface area (Å²) < 4.78 is 15.4. The lowest BCUT2D eigenvalue weighted by Crippen LogP contribution is -2.31. The predicted molar refractivity (Wildman–Crippen MR) is 200 cm³/mol. The number of rotatable bonds is 15. The number of benzene rings is 4. The quantitative estimate of drug-likeness (QED) is 0.0745. The second-order valence-electron chi connectivity index (χ2n) is 12.5. The zero-order valence-electron chi connectivity index (χ0n) is 28.2. The number of ether oxygens (including phenoxy) is 2. The summed E-state index contributed by atoms with van der Waals surface area (Å²) in [5, 5.41) is 15.4. The minimum atomic E-state index is -0.547. The molecule has 0 radical (unpaired) electrons. The summed E-state index contributed by atoms with van der Waals surface area (Å²) in [6.45, 7) is 2.61. The normalized spacial score (nSPS) is 17.4. The Morgan fingerprint density at radius 1 is 0.880 bits per heavy atom. The zero-order chi connectivity index (χ0) is 34.7. The number of aromatic nitrogens is 1. The molecular weight excluding hydrogens is 667 g/mol. The Morgan fingerprint density at radius 2 is 1.64 bits per heavy atom. The maximum absolute atomic E-state index is 12.6. The van der Waals surface area contributed by atoms with E-state index in [0.717, 1.165) is 68.3 Å². The van der Waals surface area contributed by atoms with Crippen LogP contribution in [0.1, 0.15) is 73.7 Å². The fourth-order valence-corrected chi connectivity index (χ4v) is 8.12. The van der Waals surface area contributed by atoms with Gasteiger partial charge >= 0.3 is 0 Å². The van der Waals surface area contributed by atoms with Crippen molar-refractivity contribution in [3.8, 4) is 11.1 Å². The average Bonchev–Trinajstić information content (AvgIpc) is 3.58. The van der Waals surface area contributed by atoms with Gasteiger partial charge in [0.25, 0.3) is 0 Å². The molecule has 1 saturated heterocycles. The number of thiazole rings is 1. The molecule has 1 aliphatic rings. The van der Waals surface area contributed by atoms with E-state index in [0.29, 0.717) is 25.9 Å². The van der Waals surface area contributed by atoms with E-state index in [1.807, 2.05) is 60.7 Å². The number of unbranched alkanes of at least 4 members (excludes halogenated alkanes) is 2. The van der Waals surface area contributed by atoms with E-state index >= 15 is 0 Å². The van der Waals surface area contributed by atoms with Gasteiger partial charge in [-0.15, -0.1) is 11.3 Å². The van der Waals surface area contributed by atoms with Gasteiger partial charge in [-0.05, 0) is 52.8 Å².